The van der Waals surface area contributed by atoms with E-state index in [9.17, 15) is 18.7 Å². The predicted octanol–water partition coefficient (Wildman–Crippen LogP) is 2.82. The minimum Gasteiger partial charge on any atom is -0.497 e. The molecule has 1 aromatic carbocycles. The zero-order chi connectivity index (χ0) is 20.4. The average Bonchev–Trinajstić information content (AvgIpc) is 3.04. The van der Waals surface area contributed by atoms with Crippen LogP contribution in [0.4, 0.5) is 19.4 Å². The molecule has 0 radical (unpaired) electrons. The number of carbonyl (C=O) groups excluding carboxylic acids is 1. The normalized spacial score (nSPS) is 18.7. The number of cyclic esters (lactones) is 1. The van der Waals surface area contributed by atoms with Crippen LogP contribution >= 0.6 is 0 Å². The second-order valence-electron chi connectivity index (χ2n) is 6.71. The molecular formula is C19H21F2N3O4. The fourth-order valence-corrected chi connectivity index (χ4v) is 3.11. The van der Waals surface area contributed by atoms with Gasteiger partial charge in [0.15, 0.2) is 11.6 Å². The summed E-state index contributed by atoms with van der Waals surface area (Å²) in [5.41, 5.74) is 0.442. The van der Waals surface area contributed by atoms with Gasteiger partial charge >= 0.3 is 6.09 Å². The van der Waals surface area contributed by atoms with Gasteiger partial charge in [-0.3, -0.25) is 0 Å². The van der Waals surface area contributed by atoms with Gasteiger partial charge in [0.2, 0.25) is 0 Å². The van der Waals surface area contributed by atoms with Crippen molar-refractivity contribution in [2.75, 3.05) is 18.6 Å². The fraction of sp³-hybridized carbons (Fsp3) is 0.421. The van der Waals surface area contributed by atoms with Crippen molar-refractivity contribution < 1.29 is 28.2 Å². The zero-order valence-electron chi connectivity index (χ0n) is 15.7. The largest absolute Gasteiger partial charge is 0.497 e. The van der Waals surface area contributed by atoms with Crippen LogP contribution in [0.15, 0.2) is 24.4 Å². The number of anilines is 1. The van der Waals surface area contributed by atoms with Crippen molar-refractivity contribution in [2.24, 2.45) is 0 Å². The molecule has 1 aliphatic rings. The van der Waals surface area contributed by atoms with Gasteiger partial charge in [-0.05, 0) is 24.5 Å². The van der Waals surface area contributed by atoms with Crippen LogP contribution in [0.5, 0.6) is 5.75 Å². The number of amides is 1. The number of hydrogen-bond acceptors (Lipinski definition) is 6. The first kappa shape index (κ1) is 19.9. The quantitative estimate of drug-likeness (QED) is 0.812. The Balaban J connectivity index is 1.86. The molecule has 1 aliphatic heterocycles. The number of nitrogens with zero attached hydrogens (tertiary/aromatic N) is 3. The first-order chi connectivity index (χ1) is 13.3. The summed E-state index contributed by atoms with van der Waals surface area (Å²) in [5, 5.41) is 9.84. The summed E-state index contributed by atoms with van der Waals surface area (Å²) >= 11 is 0. The van der Waals surface area contributed by atoms with E-state index in [0.717, 1.165) is 11.1 Å². The number of benzene rings is 1. The molecule has 1 aromatic heterocycles. The van der Waals surface area contributed by atoms with Gasteiger partial charge in [0.25, 0.3) is 0 Å². The van der Waals surface area contributed by atoms with Crippen molar-refractivity contribution in [3.05, 3.63) is 47.4 Å². The molecule has 7 nitrogen and oxygen atoms in total. The molecular weight excluding hydrogens is 372 g/mol. The van der Waals surface area contributed by atoms with Crippen LogP contribution in [0.1, 0.15) is 31.2 Å². The summed E-state index contributed by atoms with van der Waals surface area (Å²) in [6.45, 7) is 3.21. The van der Waals surface area contributed by atoms with E-state index in [1.165, 1.54) is 20.1 Å². The van der Waals surface area contributed by atoms with Crippen molar-refractivity contribution in [3.63, 3.8) is 0 Å². The van der Waals surface area contributed by atoms with E-state index < -0.39 is 29.9 Å². The highest BCUT2D eigenvalue weighted by Crippen LogP contribution is 2.28. The van der Waals surface area contributed by atoms with Gasteiger partial charge in [-0.25, -0.2) is 28.4 Å². The molecule has 2 aromatic rings. The number of aromatic nitrogens is 2. The van der Waals surface area contributed by atoms with Crippen molar-refractivity contribution >= 4 is 11.9 Å². The fourth-order valence-electron chi connectivity index (χ4n) is 3.11. The molecule has 28 heavy (non-hydrogen) atoms. The Kier molecular flexibility index (Phi) is 5.73. The van der Waals surface area contributed by atoms with Gasteiger partial charge in [0, 0.05) is 12.5 Å². The smallest absolute Gasteiger partial charge is 0.416 e. The van der Waals surface area contributed by atoms with E-state index >= 15 is 0 Å². The highest BCUT2D eigenvalue weighted by molar-refractivity contribution is 5.89. The zero-order valence-corrected chi connectivity index (χ0v) is 15.7. The van der Waals surface area contributed by atoms with Crippen LogP contribution in [0.3, 0.4) is 0 Å². The third-order valence-electron chi connectivity index (χ3n) is 4.69. The van der Waals surface area contributed by atoms with Crippen LogP contribution in [0.25, 0.3) is 0 Å². The molecule has 0 aliphatic carbocycles. The van der Waals surface area contributed by atoms with Crippen LogP contribution in [-0.4, -0.2) is 47.0 Å². The molecule has 150 valence electrons. The summed E-state index contributed by atoms with van der Waals surface area (Å²) < 4.78 is 38.5. The Hall–Kier alpha value is -2.81. The molecule has 3 rings (SSSR count). The maximum absolute atomic E-state index is 14.3. The summed E-state index contributed by atoms with van der Waals surface area (Å²) in [4.78, 5) is 21.1. The Labute approximate surface area is 160 Å². The number of hydrogen-bond donors (Lipinski definition) is 1. The summed E-state index contributed by atoms with van der Waals surface area (Å²) in [7, 11) is 1.45. The third kappa shape index (κ3) is 3.89. The molecule has 9 heteroatoms. The van der Waals surface area contributed by atoms with Crippen LogP contribution in [0.2, 0.25) is 0 Å². The topological polar surface area (TPSA) is 84.8 Å². The Morgan fingerprint density at radius 3 is 2.75 bits per heavy atom. The molecule has 0 unspecified atom stereocenters. The lowest BCUT2D eigenvalue weighted by Gasteiger charge is -2.23. The molecule has 1 N–H and O–H groups in total. The number of halogens is 2. The van der Waals surface area contributed by atoms with E-state index in [0.29, 0.717) is 11.3 Å². The van der Waals surface area contributed by atoms with Gasteiger partial charge in [0.1, 0.15) is 30.0 Å². The lowest BCUT2D eigenvalue weighted by atomic mass is 9.96. The lowest BCUT2D eigenvalue weighted by molar-refractivity contribution is 0.142. The first-order valence-electron chi connectivity index (χ1n) is 8.80. The average molecular weight is 393 g/mol. The van der Waals surface area contributed by atoms with Gasteiger partial charge in [-0.15, -0.1) is 0 Å². The molecule has 1 amide bonds. The minimum absolute atomic E-state index is 0.0667. The lowest BCUT2D eigenvalue weighted by Crippen LogP contribution is -2.42. The summed E-state index contributed by atoms with van der Waals surface area (Å²) in [6, 6.07) is 3.81. The first-order valence-corrected chi connectivity index (χ1v) is 8.80. The SMILES string of the molecule is COc1ccc([C@H](C)Cc2ncc(F)c(N3C(=O)OC[C@@H]3[C@@H](C)O)n2)c(F)c1. The standard InChI is InChI=1S/C19H21F2N3O4/c1-10(13-5-4-12(27-3)7-14(13)20)6-17-22-8-15(21)18(23-17)24-16(11(2)25)9-28-19(24)26/h4-5,7-8,10-11,16,25H,6,9H2,1-3H3/t10-,11-,16-/m1/s1. The second-order valence-corrected chi connectivity index (χ2v) is 6.71. The van der Waals surface area contributed by atoms with Gasteiger partial charge in [-0.2, -0.15) is 0 Å². The third-order valence-corrected chi connectivity index (χ3v) is 4.69. The molecule has 1 saturated heterocycles. The van der Waals surface area contributed by atoms with E-state index in [1.807, 2.05) is 0 Å². The second kappa shape index (κ2) is 8.05. The molecule has 0 spiro atoms. The minimum atomic E-state index is -0.934. The number of carbonyl (C=O) groups is 1. The van der Waals surface area contributed by atoms with E-state index in [4.69, 9.17) is 9.47 Å². The molecule has 0 bridgehead atoms. The number of rotatable bonds is 6. The molecule has 0 saturated carbocycles. The highest BCUT2D eigenvalue weighted by atomic mass is 19.1. The number of methoxy groups -OCH3 is 1. The van der Waals surface area contributed by atoms with E-state index in [1.54, 1.807) is 19.1 Å². The monoisotopic (exact) mass is 393 g/mol. The van der Waals surface area contributed by atoms with Crippen LogP contribution in [0, 0.1) is 11.6 Å². The molecule has 2 heterocycles. The van der Waals surface area contributed by atoms with E-state index in [-0.39, 0.29) is 30.6 Å². The predicted molar refractivity (Wildman–Crippen MR) is 96.4 cm³/mol. The van der Waals surface area contributed by atoms with E-state index in [2.05, 4.69) is 9.97 Å². The highest BCUT2D eigenvalue weighted by Gasteiger charge is 2.39. The Morgan fingerprint density at radius 1 is 1.36 bits per heavy atom. The molecule has 1 fully saturated rings. The maximum Gasteiger partial charge on any atom is 0.416 e. The number of aliphatic hydroxyl groups excluding tert-OH is 1. The van der Waals surface area contributed by atoms with Gasteiger partial charge in [-0.1, -0.05) is 13.0 Å². The van der Waals surface area contributed by atoms with Crippen molar-refractivity contribution in [1.82, 2.24) is 9.97 Å². The van der Waals surface area contributed by atoms with Crippen LogP contribution < -0.4 is 9.64 Å². The summed E-state index contributed by atoms with van der Waals surface area (Å²) in [5.74, 6) is -1.15. The Morgan fingerprint density at radius 2 is 2.11 bits per heavy atom. The van der Waals surface area contributed by atoms with Gasteiger partial charge < -0.3 is 14.6 Å². The van der Waals surface area contributed by atoms with Crippen molar-refractivity contribution in [3.8, 4) is 5.75 Å². The number of aliphatic hydroxyl groups is 1. The molecule has 3 atom stereocenters. The number of ether oxygens (including phenoxy) is 2. The summed E-state index contributed by atoms with van der Waals surface area (Å²) in [6.07, 6.45) is -0.543. The van der Waals surface area contributed by atoms with Gasteiger partial charge in [0.05, 0.1) is 19.4 Å². The van der Waals surface area contributed by atoms with Crippen LogP contribution in [-0.2, 0) is 11.2 Å². The maximum atomic E-state index is 14.3. The Bertz CT molecular complexity index is 878. The van der Waals surface area contributed by atoms with Crippen molar-refractivity contribution in [1.29, 1.82) is 0 Å². The van der Waals surface area contributed by atoms with Crippen molar-refractivity contribution in [2.45, 2.75) is 38.3 Å².